The number of aliphatic hydroxyl groups excluding tert-OH is 1. The average Bonchev–Trinajstić information content (AvgIpc) is 2.93. The minimum absolute atomic E-state index is 0.114. The maximum Gasteiger partial charge on any atom is 0.295 e. The van der Waals surface area contributed by atoms with Crippen molar-refractivity contribution in [1.82, 2.24) is 4.90 Å². The van der Waals surface area contributed by atoms with Crippen LogP contribution in [0.25, 0.3) is 5.76 Å². The molecule has 0 aromatic heterocycles. The Bertz CT molecular complexity index is 857. The molecule has 0 spiro atoms. The fourth-order valence-corrected chi connectivity index (χ4v) is 3.26. The second-order valence-corrected chi connectivity index (χ2v) is 6.14. The molecule has 1 aliphatic rings. The van der Waals surface area contributed by atoms with E-state index in [2.05, 4.69) is 0 Å². The summed E-state index contributed by atoms with van der Waals surface area (Å²) in [6, 6.07) is 15.4. The van der Waals surface area contributed by atoms with Gasteiger partial charge in [0.1, 0.15) is 11.5 Å². The number of benzene rings is 2. The lowest BCUT2D eigenvalue weighted by Gasteiger charge is -2.25. The zero-order valence-corrected chi connectivity index (χ0v) is 14.8. The summed E-state index contributed by atoms with van der Waals surface area (Å²) in [5.41, 5.74) is 1.35. The molecule has 1 N–H and O–H groups in total. The smallest absolute Gasteiger partial charge is 0.295 e. The molecular formula is C21H21NO4. The Labute approximate surface area is 152 Å². The lowest BCUT2D eigenvalue weighted by Crippen LogP contribution is -2.30. The van der Waals surface area contributed by atoms with Gasteiger partial charge in [0.25, 0.3) is 11.7 Å². The van der Waals surface area contributed by atoms with Crippen molar-refractivity contribution >= 4 is 17.4 Å². The minimum Gasteiger partial charge on any atom is -0.507 e. The second kappa shape index (κ2) is 7.44. The summed E-state index contributed by atoms with van der Waals surface area (Å²) < 4.78 is 5.28. The van der Waals surface area contributed by atoms with E-state index in [1.807, 2.05) is 25.1 Å². The molecule has 0 radical (unpaired) electrons. The summed E-state index contributed by atoms with van der Waals surface area (Å²) in [5.74, 6) is -0.774. The van der Waals surface area contributed by atoms with Crippen molar-refractivity contribution < 1.29 is 19.4 Å². The number of rotatable bonds is 5. The molecule has 1 amide bonds. The van der Waals surface area contributed by atoms with Crippen molar-refractivity contribution in [2.45, 2.75) is 19.4 Å². The third-order valence-corrected chi connectivity index (χ3v) is 4.46. The van der Waals surface area contributed by atoms with Gasteiger partial charge in [0.15, 0.2) is 0 Å². The van der Waals surface area contributed by atoms with Gasteiger partial charge < -0.3 is 14.7 Å². The third-order valence-electron chi connectivity index (χ3n) is 4.46. The first-order valence-corrected chi connectivity index (χ1v) is 8.56. The van der Waals surface area contributed by atoms with Crippen molar-refractivity contribution in [3.8, 4) is 5.75 Å². The zero-order valence-electron chi connectivity index (χ0n) is 14.8. The summed E-state index contributed by atoms with van der Waals surface area (Å²) in [7, 11) is 1.56. The molecule has 5 nitrogen and oxygen atoms in total. The van der Waals surface area contributed by atoms with Gasteiger partial charge in [-0.3, -0.25) is 9.59 Å². The number of nitrogens with zero attached hydrogens (tertiary/aromatic N) is 1. The highest BCUT2D eigenvalue weighted by Gasteiger charge is 2.45. The van der Waals surface area contributed by atoms with Crippen LogP contribution in [0.2, 0.25) is 0 Å². The Hall–Kier alpha value is -3.08. The van der Waals surface area contributed by atoms with Crippen LogP contribution >= 0.6 is 0 Å². The van der Waals surface area contributed by atoms with Crippen molar-refractivity contribution in [3.05, 3.63) is 71.3 Å². The molecule has 5 heteroatoms. The van der Waals surface area contributed by atoms with Gasteiger partial charge in [0, 0.05) is 12.1 Å². The molecule has 134 valence electrons. The van der Waals surface area contributed by atoms with Crippen molar-refractivity contribution in [3.63, 3.8) is 0 Å². The Kier molecular flexibility index (Phi) is 5.07. The molecule has 0 aliphatic carbocycles. The molecule has 1 atom stereocenters. The van der Waals surface area contributed by atoms with Gasteiger partial charge >= 0.3 is 0 Å². The summed E-state index contributed by atoms with van der Waals surface area (Å²) in [6.45, 7) is 2.37. The fourth-order valence-electron chi connectivity index (χ4n) is 3.26. The lowest BCUT2D eigenvalue weighted by atomic mass is 9.95. The zero-order chi connectivity index (χ0) is 18.7. The Morgan fingerprint density at radius 1 is 1.12 bits per heavy atom. The molecule has 2 aromatic rings. The van der Waals surface area contributed by atoms with Crippen LogP contribution in [0, 0.1) is 0 Å². The van der Waals surface area contributed by atoms with Gasteiger partial charge in [-0.05, 0) is 24.1 Å². The second-order valence-electron chi connectivity index (χ2n) is 6.14. The van der Waals surface area contributed by atoms with Gasteiger partial charge in [0.05, 0.1) is 18.7 Å². The summed E-state index contributed by atoms with van der Waals surface area (Å²) >= 11 is 0. The first kappa shape index (κ1) is 17.7. The van der Waals surface area contributed by atoms with Crippen LogP contribution in [0.15, 0.2) is 60.2 Å². The van der Waals surface area contributed by atoms with E-state index in [0.717, 1.165) is 5.56 Å². The summed E-state index contributed by atoms with van der Waals surface area (Å²) in [6.07, 6.45) is 0.707. The van der Waals surface area contributed by atoms with Gasteiger partial charge in [-0.25, -0.2) is 0 Å². The highest BCUT2D eigenvalue weighted by atomic mass is 16.5. The highest BCUT2D eigenvalue weighted by Crippen LogP contribution is 2.40. The first-order chi connectivity index (χ1) is 12.6. The normalized spacial score (nSPS) is 19.0. The molecular weight excluding hydrogens is 330 g/mol. The SMILES string of the molecule is CCCN1C(=O)C(=O)/C(=C(\O)c2ccccc2)C1c1cccc(OC)c1. The predicted molar refractivity (Wildman–Crippen MR) is 98.7 cm³/mol. The van der Waals surface area contributed by atoms with E-state index < -0.39 is 17.7 Å². The number of amides is 1. The lowest BCUT2D eigenvalue weighted by molar-refractivity contribution is -0.139. The van der Waals surface area contributed by atoms with Crippen LogP contribution in [-0.2, 0) is 9.59 Å². The summed E-state index contributed by atoms with van der Waals surface area (Å²) in [5, 5.41) is 10.8. The third kappa shape index (κ3) is 3.08. The largest absolute Gasteiger partial charge is 0.507 e. The number of ether oxygens (including phenoxy) is 1. The number of hydrogen-bond donors (Lipinski definition) is 1. The minimum atomic E-state index is -0.660. The number of carbonyl (C=O) groups excluding carboxylic acids is 2. The van der Waals surface area contributed by atoms with E-state index in [4.69, 9.17) is 4.74 Å². The number of likely N-dealkylation sites (tertiary alicyclic amines) is 1. The Morgan fingerprint density at radius 2 is 1.85 bits per heavy atom. The number of methoxy groups -OCH3 is 1. The maximum atomic E-state index is 12.7. The van der Waals surface area contributed by atoms with E-state index in [0.29, 0.717) is 24.3 Å². The van der Waals surface area contributed by atoms with Crippen molar-refractivity contribution in [1.29, 1.82) is 0 Å². The van der Waals surface area contributed by atoms with Gasteiger partial charge in [0.2, 0.25) is 0 Å². The van der Waals surface area contributed by atoms with Crippen molar-refractivity contribution in [2.75, 3.05) is 13.7 Å². The number of carbonyl (C=O) groups is 2. The molecule has 2 aromatic carbocycles. The van der Waals surface area contributed by atoms with E-state index in [9.17, 15) is 14.7 Å². The first-order valence-electron chi connectivity index (χ1n) is 8.56. The molecule has 0 bridgehead atoms. The molecule has 3 rings (SSSR count). The van der Waals surface area contributed by atoms with Crippen LogP contribution in [0.4, 0.5) is 0 Å². The van der Waals surface area contributed by atoms with Gasteiger partial charge in [-0.15, -0.1) is 0 Å². The van der Waals surface area contributed by atoms with Crippen LogP contribution < -0.4 is 4.74 Å². The Balaban J connectivity index is 2.19. The number of aliphatic hydroxyl groups is 1. The van der Waals surface area contributed by atoms with E-state index in [1.54, 1.807) is 43.5 Å². The monoisotopic (exact) mass is 351 g/mol. The molecule has 26 heavy (non-hydrogen) atoms. The quantitative estimate of drug-likeness (QED) is 0.508. The average molecular weight is 351 g/mol. The molecule has 0 saturated carbocycles. The number of hydrogen-bond acceptors (Lipinski definition) is 4. The molecule has 1 heterocycles. The van der Waals surface area contributed by atoms with E-state index >= 15 is 0 Å². The molecule has 1 saturated heterocycles. The maximum absolute atomic E-state index is 12.7. The van der Waals surface area contributed by atoms with Gasteiger partial charge in [-0.1, -0.05) is 49.4 Å². The predicted octanol–water partition coefficient (Wildman–Crippen LogP) is 3.53. The van der Waals surface area contributed by atoms with Crippen molar-refractivity contribution in [2.24, 2.45) is 0 Å². The topological polar surface area (TPSA) is 66.8 Å². The molecule has 1 aliphatic heterocycles. The standard InChI is InChI=1S/C21H21NO4/c1-3-12-22-18(15-10-7-11-16(13-15)26-2)17(20(24)21(22)25)19(23)14-8-5-4-6-9-14/h4-11,13,18,23H,3,12H2,1-2H3/b19-17-. The molecule has 1 fully saturated rings. The number of ketones is 1. The number of Topliss-reactive ketones (excluding diaryl/α,β-unsaturated/α-hetero) is 1. The Morgan fingerprint density at radius 3 is 2.50 bits per heavy atom. The van der Waals surface area contributed by atoms with Gasteiger partial charge in [-0.2, -0.15) is 0 Å². The summed E-state index contributed by atoms with van der Waals surface area (Å²) in [4.78, 5) is 26.8. The van der Waals surface area contributed by atoms with Crippen LogP contribution in [0.3, 0.4) is 0 Å². The van der Waals surface area contributed by atoms with Crippen LogP contribution in [-0.4, -0.2) is 35.4 Å². The fraction of sp³-hybridized carbons (Fsp3) is 0.238. The highest BCUT2D eigenvalue weighted by molar-refractivity contribution is 6.46. The van der Waals surface area contributed by atoms with E-state index in [1.165, 1.54) is 4.90 Å². The van der Waals surface area contributed by atoms with E-state index in [-0.39, 0.29) is 11.3 Å². The van der Waals surface area contributed by atoms with Crippen LogP contribution in [0.1, 0.15) is 30.5 Å². The molecule has 1 unspecified atom stereocenters. The van der Waals surface area contributed by atoms with Crippen LogP contribution in [0.5, 0.6) is 5.75 Å².